The summed E-state index contributed by atoms with van der Waals surface area (Å²) in [7, 11) is 0. The highest BCUT2D eigenvalue weighted by molar-refractivity contribution is 6.03. The predicted octanol–water partition coefficient (Wildman–Crippen LogP) is 6.79. The fourth-order valence-corrected chi connectivity index (χ4v) is 4.02. The van der Waals surface area contributed by atoms with Crippen LogP contribution >= 0.6 is 0 Å². The Labute approximate surface area is 240 Å². The van der Waals surface area contributed by atoms with E-state index in [4.69, 9.17) is 18.9 Å². The highest BCUT2D eigenvalue weighted by atomic mass is 16.5. The van der Waals surface area contributed by atoms with Crippen molar-refractivity contribution in [2.24, 2.45) is 23.7 Å². The number of carbonyl (C=O) groups excluding carboxylic acids is 4. The molecule has 40 heavy (non-hydrogen) atoms. The van der Waals surface area contributed by atoms with Crippen LogP contribution in [0.15, 0.2) is 24.3 Å². The molecule has 0 amide bonds. The van der Waals surface area contributed by atoms with Gasteiger partial charge in [-0.15, -0.1) is 0 Å². The summed E-state index contributed by atoms with van der Waals surface area (Å²) in [6.07, 6.45) is 6.97. The van der Waals surface area contributed by atoms with Gasteiger partial charge in [0, 0.05) is 0 Å². The van der Waals surface area contributed by atoms with Crippen molar-refractivity contribution in [1.29, 1.82) is 0 Å². The van der Waals surface area contributed by atoms with Gasteiger partial charge in [0.15, 0.2) is 0 Å². The van der Waals surface area contributed by atoms with Crippen LogP contribution in [-0.2, 0) is 28.5 Å². The van der Waals surface area contributed by atoms with Gasteiger partial charge in [-0.05, 0) is 49.7 Å². The third kappa shape index (κ3) is 13.4. The molecule has 2 rings (SSSR count). The van der Waals surface area contributed by atoms with Crippen molar-refractivity contribution < 1.29 is 38.1 Å². The second kappa shape index (κ2) is 20.0. The van der Waals surface area contributed by atoms with Gasteiger partial charge in [-0.25, -0.2) is 9.59 Å². The van der Waals surface area contributed by atoms with Gasteiger partial charge in [0.05, 0.1) is 49.4 Å². The Kier molecular flexibility index (Phi) is 17.6. The second-order valence-electron chi connectivity index (χ2n) is 11.1. The molecular formula is C32H50O8. The molecule has 0 N–H and O–H groups in total. The van der Waals surface area contributed by atoms with E-state index in [0.717, 1.165) is 51.4 Å². The quantitative estimate of drug-likeness (QED) is 0.139. The van der Waals surface area contributed by atoms with Crippen LogP contribution in [0.5, 0.6) is 0 Å². The van der Waals surface area contributed by atoms with E-state index < -0.39 is 11.9 Å². The summed E-state index contributed by atoms with van der Waals surface area (Å²) in [4.78, 5) is 48.1. The first-order chi connectivity index (χ1) is 19.1. The molecule has 0 bridgehead atoms. The average molecular weight is 563 g/mol. The molecule has 1 aromatic carbocycles. The van der Waals surface area contributed by atoms with E-state index in [1.54, 1.807) is 24.3 Å². The van der Waals surface area contributed by atoms with Gasteiger partial charge in [0.25, 0.3) is 0 Å². The minimum atomic E-state index is -0.471. The highest BCUT2D eigenvalue weighted by Crippen LogP contribution is 2.32. The van der Waals surface area contributed by atoms with E-state index in [2.05, 4.69) is 0 Å². The lowest BCUT2D eigenvalue weighted by molar-refractivity contribution is -0.164. The van der Waals surface area contributed by atoms with Crippen LogP contribution in [0.2, 0.25) is 0 Å². The molecule has 0 heterocycles. The zero-order chi connectivity index (χ0) is 29.9. The Morgan fingerprint density at radius 3 is 1.38 bits per heavy atom. The van der Waals surface area contributed by atoms with Gasteiger partial charge in [-0.3, -0.25) is 9.59 Å². The monoisotopic (exact) mass is 562 g/mol. The molecule has 1 fully saturated rings. The summed E-state index contributed by atoms with van der Waals surface area (Å²) >= 11 is 0. The Bertz CT molecular complexity index is 835. The minimum Gasteiger partial charge on any atom is -0.465 e. The zero-order valence-corrected chi connectivity index (χ0v) is 25.4. The summed E-state index contributed by atoms with van der Waals surface area (Å²) < 4.78 is 20.9. The standard InChI is InChI=1S/C16H28O4.C16H22O4/c1-11(2)9-19-15(17)13-7-5-6-8-14(13)16(18)20-10-12(3)4;1-3-5-11-19-15(17)13-9-7-8-10-14(13)16(18)20-12-6-4-2/h11-14H,5-10H2,1-4H3;7-10H,3-6,11-12H2,1-2H3. The molecule has 2 atom stereocenters. The van der Waals surface area contributed by atoms with E-state index in [1.807, 2.05) is 41.5 Å². The number of carbonyl (C=O) groups is 4. The average Bonchev–Trinajstić information content (AvgIpc) is 2.95. The summed E-state index contributed by atoms with van der Waals surface area (Å²) in [6, 6.07) is 6.59. The Morgan fingerprint density at radius 2 is 1.05 bits per heavy atom. The van der Waals surface area contributed by atoms with Crippen molar-refractivity contribution in [3.05, 3.63) is 35.4 Å². The molecule has 1 aromatic rings. The zero-order valence-electron chi connectivity index (χ0n) is 25.4. The molecule has 1 aliphatic carbocycles. The van der Waals surface area contributed by atoms with Crippen molar-refractivity contribution in [1.82, 2.24) is 0 Å². The SMILES string of the molecule is CC(C)COC(=O)C1CCCCC1C(=O)OCC(C)C.CCCCOC(=O)c1ccccc1C(=O)OCCCC. The Hall–Kier alpha value is -2.90. The van der Waals surface area contributed by atoms with Gasteiger partial charge in [0.1, 0.15) is 0 Å². The van der Waals surface area contributed by atoms with Gasteiger partial charge >= 0.3 is 23.9 Å². The lowest BCUT2D eigenvalue weighted by Gasteiger charge is -2.28. The summed E-state index contributed by atoms with van der Waals surface area (Å²) in [6.45, 7) is 13.6. The Balaban J connectivity index is 0.000000400. The topological polar surface area (TPSA) is 105 Å². The maximum atomic E-state index is 12.1. The molecule has 2 unspecified atom stereocenters. The second-order valence-corrected chi connectivity index (χ2v) is 11.1. The fourth-order valence-electron chi connectivity index (χ4n) is 4.02. The van der Waals surface area contributed by atoms with Crippen LogP contribution in [0.25, 0.3) is 0 Å². The smallest absolute Gasteiger partial charge is 0.339 e. The van der Waals surface area contributed by atoms with E-state index in [9.17, 15) is 19.2 Å². The largest absolute Gasteiger partial charge is 0.465 e. The van der Waals surface area contributed by atoms with Crippen LogP contribution in [0.3, 0.4) is 0 Å². The van der Waals surface area contributed by atoms with Crippen LogP contribution in [0, 0.1) is 23.7 Å². The van der Waals surface area contributed by atoms with Gasteiger partial charge < -0.3 is 18.9 Å². The van der Waals surface area contributed by atoms with Crippen molar-refractivity contribution in [3.63, 3.8) is 0 Å². The van der Waals surface area contributed by atoms with Crippen molar-refractivity contribution in [3.8, 4) is 0 Å². The van der Waals surface area contributed by atoms with Crippen LogP contribution in [-0.4, -0.2) is 50.3 Å². The predicted molar refractivity (Wildman–Crippen MR) is 154 cm³/mol. The molecular weight excluding hydrogens is 512 g/mol. The first-order valence-electron chi connectivity index (χ1n) is 14.9. The van der Waals surface area contributed by atoms with Crippen molar-refractivity contribution in [2.45, 2.75) is 92.9 Å². The number of hydrogen-bond donors (Lipinski definition) is 0. The molecule has 0 radical (unpaired) electrons. The Morgan fingerprint density at radius 1 is 0.675 bits per heavy atom. The van der Waals surface area contributed by atoms with Crippen LogP contribution in [0.1, 0.15) is 114 Å². The number of unbranched alkanes of at least 4 members (excludes halogenated alkanes) is 2. The molecule has 1 saturated carbocycles. The number of esters is 4. The van der Waals surface area contributed by atoms with E-state index in [-0.39, 0.29) is 34.9 Å². The maximum Gasteiger partial charge on any atom is 0.339 e. The van der Waals surface area contributed by atoms with Gasteiger partial charge in [-0.2, -0.15) is 0 Å². The number of ether oxygens (including phenoxy) is 4. The van der Waals surface area contributed by atoms with E-state index in [0.29, 0.717) is 38.3 Å². The van der Waals surface area contributed by atoms with Crippen LogP contribution < -0.4 is 0 Å². The summed E-state index contributed by atoms with van der Waals surface area (Å²) in [5.74, 6) is -1.41. The molecule has 8 nitrogen and oxygen atoms in total. The molecule has 226 valence electrons. The molecule has 0 saturated heterocycles. The first kappa shape index (κ1) is 35.1. The molecule has 0 spiro atoms. The van der Waals surface area contributed by atoms with Gasteiger partial charge in [0.2, 0.25) is 0 Å². The van der Waals surface area contributed by atoms with Crippen molar-refractivity contribution in [2.75, 3.05) is 26.4 Å². The summed E-state index contributed by atoms with van der Waals surface area (Å²) in [5, 5.41) is 0. The van der Waals surface area contributed by atoms with E-state index in [1.165, 1.54) is 0 Å². The third-order valence-electron chi connectivity index (χ3n) is 6.32. The lowest BCUT2D eigenvalue weighted by atomic mass is 9.79. The third-order valence-corrected chi connectivity index (χ3v) is 6.32. The van der Waals surface area contributed by atoms with Gasteiger partial charge in [-0.1, -0.05) is 79.4 Å². The van der Waals surface area contributed by atoms with Crippen LogP contribution in [0.4, 0.5) is 0 Å². The highest BCUT2D eigenvalue weighted by Gasteiger charge is 2.38. The first-order valence-corrected chi connectivity index (χ1v) is 14.9. The maximum absolute atomic E-state index is 12.1. The van der Waals surface area contributed by atoms with E-state index >= 15 is 0 Å². The summed E-state index contributed by atoms with van der Waals surface area (Å²) in [5.41, 5.74) is 0.537. The normalized spacial score (nSPS) is 16.5. The fraction of sp³-hybridized carbons (Fsp3) is 0.688. The molecule has 8 heteroatoms. The lowest BCUT2D eigenvalue weighted by Crippen LogP contribution is -2.35. The molecule has 0 aliphatic heterocycles. The number of hydrogen-bond acceptors (Lipinski definition) is 8. The number of rotatable bonds is 14. The van der Waals surface area contributed by atoms with Crippen molar-refractivity contribution >= 4 is 23.9 Å². The number of benzene rings is 1. The minimum absolute atomic E-state index is 0.232. The molecule has 0 aromatic heterocycles. The molecule has 1 aliphatic rings.